The van der Waals surface area contributed by atoms with E-state index in [9.17, 15) is 9.59 Å². The van der Waals surface area contributed by atoms with Crippen LogP contribution in [0.4, 0.5) is 5.69 Å². The van der Waals surface area contributed by atoms with E-state index in [4.69, 9.17) is 9.47 Å². The van der Waals surface area contributed by atoms with Crippen molar-refractivity contribution in [2.24, 2.45) is 0 Å². The van der Waals surface area contributed by atoms with E-state index in [1.54, 1.807) is 43.4 Å². The van der Waals surface area contributed by atoms with Gasteiger partial charge in [-0.3, -0.25) is 9.59 Å². The first-order valence-electron chi connectivity index (χ1n) is 9.85. The minimum atomic E-state index is -0.385. The van der Waals surface area contributed by atoms with Crippen molar-refractivity contribution in [1.29, 1.82) is 0 Å². The van der Waals surface area contributed by atoms with E-state index in [0.29, 0.717) is 50.1 Å². The maximum Gasteiger partial charge on any atom is 0.291 e. The van der Waals surface area contributed by atoms with Crippen molar-refractivity contribution >= 4 is 49.4 Å². The molecule has 0 fully saturated rings. The summed E-state index contributed by atoms with van der Waals surface area (Å²) < 4.78 is 13.0. The van der Waals surface area contributed by atoms with Gasteiger partial charge in [-0.15, -0.1) is 11.7 Å². The van der Waals surface area contributed by atoms with Gasteiger partial charge in [0.05, 0.1) is 25.5 Å². The molecule has 166 valence electrons. The Morgan fingerprint density at radius 2 is 1.91 bits per heavy atom. The lowest BCUT2D eigenvalue weighted by molar-refractivity contribution is -0.112. The lowest BCUT2D eigenvalue weighted by Crippen LogP contribution is -2.32. The molecule has 0 saturated carbocycles. The Hall–Kier alpha value is -3.50. The van der Waals surface area contributed by atoms with Crippen LogP contribution in [-0.4, -0.2) is 41.3 Å². The van der Waals surface area contributed by atoms with E-state index in [0.717, 1.165) is 21.5 Å². The number of methoxy groups -OCH3 is 2. The quantitative estimate of drug-likeness (QED) is 0.373. The molecular formula is C23H17BrN4O4S. The van der Waals surface area contributed by atoms with Crippen LogP contribution >= 0.6 is 27.3 Å². The van der Waals surface area contributed by atoms with Gasteiger partial charge in [0.1, 0.15) is 4.53 Å². The smallest absolute Gasteiger partial charge is 0.291 e. The summed E-state index contributed by atoms with van der Waals surface area (Å²) >= 11 is 4.60. The number of aromatic nitrogens is 3. The van der Waals surface area contributed by atoms with Gasteiger partial charge in [0.2, 0.25) is 4.96 Å². The second-order valence-electron chi connectivity index (χ2n) is 7.18. The summed E-state index contributed by atoms with van der Waals surface area (Å²) in [6.45, 7) is 4.08. The predicted molar refractivity (Wildman–Crippen MR) is 130 cm³/mol. The lowest BCUT2D eigenvalue weighted by atomic mass is 10.1. The molecule has 1 aliphatic rings. The number of ether oxygens (including phenoxy) is 2. The van der Waals surface area contributed by atoms with E-state index in [-0.39, 0.29) is 11.5 Å². The van der Waals surface area contributed by atoms with Crippen LogP contribution in [0.15, 0.2) is 58.3 Å². The molecule has 0 saturated heterocycles. The fourth-order valence-electron chi connectivity index (χ4n) is 3.82. The van der Waals surface area contributed by atoms with Crippen LogP contribution in [-0.2, 0) is 4.79 Å². The number of anilines is 1. The number of fused-ring (bicyclic) bond motifs is 2. The molecule has 10 heteroatoms. The highest BCUT2D eigenvalue weighted by Crippen LogP contribution is 2.37. The summed E-state index contributed by atoms with van der Waals surface area (Å²) in [5, 5.41) is 4.40. The molecule has 1 amide bonds. The number of hydrogen-bond acceptors (Lipinski definition) is 7. The van der Waals surface area contributed by atoms with Crippen molar-refractivity contribution in [2.45, 2.75) is 0 Å². The van der Waals surface area contributed by atoms with Gasteiger partial charge >= 0.3 is 0 Å². The minimum Gasteiger partial charge on any atom is -0.493 e. The number of rotatable bonds is 5. The molecule has 8 nitrogen and oxygen atoms in total. The number of nitrogens with zero attached hydrogens (tertiary/aromatic N) is 4. The Balaban J connectivity index is 1.69. The number of halogens is 1. The van der Waals surface area contributed by atoms with E-state index < -0.39 is 0 Å². The number of hydrogen-bond donors (Lipinski definition) is 0. The number of benzene rings is 2. The number of thiazole rings is 1. The van der Waals surface area contributed by atoms with Gasteiger partial charge in [0.15, 0.2) is 17.3 Å². The first-order valence-corrected chi connectivity index (χ1v) is 11.5. The maximum atomic E-state index is 13.3. The van der Waals surface area contributed by atoms with Crippen molar-refractivity contribution in [3.8, 4) is 22.9 Å². The highest BCUT2D eigenvalue weighted by molar-refractivity contribution is 9.10. The highest BCUT2D eigenvalue weighted by atomic mass is 79.9. The van der Waals surface area contributed by atoms with Crippen LogP contribution in [0, 0.1) is 0 Å². The Bertz CT molecular complexity index is 1560. The van der Waals surface area contributed by atoms with Crippen LogP contribution < -0.4 is 24.5 Å². The molecule has 0 atom stereocenters. The fraction of sp³-hybridized carbons (Fsp3) is 0.130. The summed E-state index contributed by atoms with van der Waals surface area (Å²) in [6, 6.07) is 10.9. The van der Waals surface area contributed by atoms with E-state index >= 15 is 0 Å². The summed E-state index contributed by atoms with van der Waals surface area (Å²) in [4.78, 5) is 33.1. The molecule has 1 aliphatic heterocycles. The zero-order valence-corrected chi connectivity index (χ0v) is 20.1. The minimum absolute atomic E-state index is 0.246. The fourth-order valence-corrected chi connectivity index (χ4v) is 5.18. The van der Waals surface area contributed by atoms with Gasteiger partial charge in [0.25, 0.3) is 11.5 Å². The van der Waals surface area contributed by atoms with Gasteiger partial charge in [0, 0.05) is 22.1 Å². The standard InChI is InChI=1S/C23H17BrN4O4S/c1-4-9-27-15-7-6-13(24)11-14(15)18(21(27)29)19-22(30)28-23(33-19)25-20(26-28)12-5-8-16(31-2)17(10-12)32-3/h4-8,10-11H,1,9H2,2-3H3. The van der Waals surface area contributed by atoms with Crippen molar-refractivity contribution in [1.82, 2.24) is 14.6 Å². The Morgan fingerprint density at radius 1 is 1.12 bits per heavy atom. The molecule has 3 heterocycles. The third kappa shape index (κ3) is 3.33. The average molecular weight is 525 g/mol. The second kappa shape index (κ2) is 8.13. The first kappa shape index (κ1) is 21.4. The van der Waals surface area contributed by atoms with Crippen LogP contribution in [0.25, 0.3) is 21.9 Å². The van der Waals surface area contributed by atoms with Crippen molar-refractivity contribution in [3.05, 3.63) is 74.0 Å². The molecule has 0 spiro atoms. The summed E-state index contributed by atoms with van der Waals surface area (Å²) in [6.07, 6.45) is 1.66. The van der Waals surface area contributed by atoms with Gasteiger partial charge in [-0.2, -0.15) is 9.50 Å². The van der Waals surface area contributed by atoms with Gasteiger partial charge in [-0.05, 0) is 36.4 Å². The zero-order chi connectivity index (χ0) is 23.3. The van der Waals surface area contributed by atoms with E-state index in [1.165, 1.54) is 4.52 Å². The average Bonchev–Trinajstić information content (AvgIpc) is 3.44. The Morgan fingerprint density at radius 3 is 2.61 bits per heavy atom. The van der Waals surface area contributed by atoms with Crippen LogP contribution in [0.5, 0.6) is 11.5 Å². The zero-order valence-electron chi connectivity index (χ0n) is 17.7. The second-order valence-corrected chi connectivity index (χ2v) is 9.07. The molecule has 33 heavy (non-hydrogen) atoms. The first-order chi connectivity index (χ1) is 16.0. The SMILES string of the molecule is C=CCN1C(=O)C(=c2sc3nc(-c4ccc(OC)c(OC)c4)nn3c2=O)c2cc(Br)ccc21. The van der Waals surface area contributed by atoms with Crippen molar-refractivity contribution < 1.29 is 14.3 Å². The molecular weight excluding hydrogens is 508 g/mol. The molecule has 4 aromatic rings. The Kier molecular flexibility index (Phi) is 5.26. The highest BCUT2D eigenvalue weighted by Gasteiger charge is 2.34. The monoisotopic (exact) mass is 524 g/mol. The van der Waals surface area contributed by atoms with Crippen LogP contribution in [0.1, 0.15) is 5.56 Å². The normalized spacial score (nSPS) is 14.6. The van der Waals surface area contributed by atoms with Gasteiger partial charge in [-0.1, -0.05) is 33.3 Å². The number of amides is 1. The topological polar surface area (TPSA) is 86.0 Å². The largest absolute Gasteiger partial charge is 0.493 e. The number of carbonyl (C=O) groups is 1. The van der Waals surface area contributed by atoms with E-state index in [2.05, 4.69) is 32.6 Å². The summed E-state index contributed by atoms with van der Waals surface area (Å²) in [5.41, 5.74) is 2.08. The summed E-state index contributed by atoms with van der Waals surface area (Å²) in [7, 11) is 3.10. The van der Waals surface area contributed by atoms with Crippen LogP contribution in [0.2, 0.25) is 0 Å². The predicted octanol–water partition coefficient (Wildman–Crippen LogP) is 3.05. The van der Waals surface area contributed by atoms with Crippen molar-refractivity contribution in [3.63, 3.8) is 0 Å². The Labute approximate surface area is 200 Å². The third-order valence-electron chi connectivity index (χ3n) is 5.32. The number of carbonyl (C=O) groups excluding carboxylic acids is 1. The molecule has 0 aliphatic carbocycles. The van der Waals surface area contributed by atoms with Crippen molar-refractivity contribution in [2.75, 3.05) is 25.7 Å². The molecule has 2 aromatic carbocycles. The van der Waals surface area contributed by atoms with Gasteiger partial charge < -0.3 is 14.4 Å². The molecule has 0 N–H and O–H groups in total. The van der Waals surface area contributed by atoms with E-state index in [1.807, 2.05) is 18.2 Å². The molecule has 5 rings (SSSR count). The third-order valence-corrected chi connectivity index (χ3v) is 6.84. The molecule has 0 unspecified atom stereocenters. The maximum absolute atomic E-state index is 13.3. The molecule has 0 radical (unpaired) electrons. The van der Waals surface area contributed by atoms with Gasteiger partial charge in [-0.25, -0.2) is 0 Å². The summed E-state index contributed by atoms with van der Waals surface area (Å²) in [5.74, 6) is 1.25. The van der Waals surface area contributed by atoms with Crippen LogP contribution in [0.3, 0.4) is 0 Å². The molecule has 2 aromatic heterocycles. The molecule has 0 bridgehead atoms. The lowest BCUT2D eigenvalue weighted by Gasteiger charge is -2.14.